The number of hydrogen-bond acceptors (Lipinski definition) is 3. The number of furan rings is 1. The van der Waals surface area contributed by atoms with E-state index in [0.29, 0.717) is 25.6 Å². The van der Waals surface area contributed by atoms with Crippen molar-refractivity contribution < 1.29 is 13.9 Å². The van der Waals surface area contributed by atoms with Gasteiger partial charge in [0.05, 0.1) is 18.5 Å². The van der Waals surface area contributed by atoms with Gasteiger partial charge in [-0.3, -0.25) is 4.79 Å². The summed E-state index contributed by atoms with van der Waals surface area (Å²) in [7, 11) is 0. The van der Waals surface area contributed by atoms with Crippen molar-refractivity contribution in [2.75, 3.05) is 19.7 Å². The quantitative estimate of drug-likeness (QED) is 0.805. The highest BCUT2D eigenvalue weighted by molar-refractivity contribution is 5.83. The van der Waals surface area contributed by atoms with Crippen LogP contribution in [0, 0.1) is 5.92 Å². The monoisotopic (exact) mass is 249 g/mol. The number of ether oxygens (including phenoxy) is 1. The molecule has 2 fully saturated rings. The fourth-order valence-corrected chi connectivity index (χ4v) is 2.72. The van der Waals surface area contributed by atoms with E-state index in [1.165, 1.54) is 0 Å². The number of carbonyl (C=O) groups is 1. The Morgan fingerprint density at radius 2 is 2.33 bits per heavy atom. The van der Waals surface area contributed by atoms with Crippen molar-refractivity contribution in [1.29, 1.82) is 0 Å². The number of hydrogen-bond donors (Lipinski definition) is 0. The molecule has 0 radical (unpaired) electrons. The van der Waals surface area contributed by atoms with Gasteiger partial charge in [0.25, 0.3) is 0 Å². The smallest absolute Gasteiger partial charge is 0.226 e. The number of rotatable bonds is 2. The van der Waals surface area contributed by atoms with Crippen LogP contribution < -0.4 is 0 Å². The zero-order valence-electron chi connectivity index (χ0n) is 10.9. The van der Waals surface area contributed by atoms with Crippen molar-refractivity contribution >= 4 is 5.91 Å². The van der Waals surface area contributed by atoms with Crippen LogP contribution in [0.5, 0.6) is 0 Å². The van der Waals surface area contributed by atoms with Crippen LogP contribution in [-0.4, -0.2) is 36.1 Å². The Bertz CT molecular complexity index is 438. The van der Waals surface area contributed by atoms with Crippen LogP contribution in [0.15, 0.2) is 22.8 Å². The van der Waals surface area contributed by atoms with Crippen molar-refractivity contribution in [3.63, 3.8) is 0 Å². The molecule has 0 N–H and O–H groups in total. The van der Waals surface area contributed by atoms with Crippen LogP contribution in [0.1, 0.15) is 31.9 Å². The zero-order chi connectivity index (χ0) is 12.8. The predicted molar refractivity (Wildman–Crippen MR) is 66.2 cm³/mol. The first-order chi connectivity index (χ1) is 8.57. The summed E-state index contributed by atoms with van der Waals surface area (Å²) >= 11 is 0. The van der Waals surface area contributed by atoms with Gasteiger partial charge in [0.1, 0.15) is 5.76 Å². The van der Waals surface area contributed by atoms with Crippen molar-refractivity contribution in [3.05, 3.63) is 24.2 Å². The van der Waals surface area contributed by atoms with Gasteiger partial charge in [-0.15, -0.1) is 0 Å². The summed E-state index contributed by atoms with van der Waals surface area (Å²) in [6.07, 6.45) is 2.59. The number of carbonyl (C=O) groups excluding carboxylic acids is 1. The van der Waals surface area contributed by atoms with E-state index in [2.05, 4.69) is 0 Å². The summed E-state index contributed by atoms with van der Waals surface area (Å²) in [6, 6.07) is 3.84. The van der Waals surface area contributed by atoms with Crippen molar-refractivity contribution in [2.45, 2.75) is 31.8 Å². The highest BCUT2D eigenvalue weighted by Gasteiger charge is 2.48. The normalized spacial score (nSPS) is 30.2. The minimum atomic E-state index is -0.219. The SMILES string of the molecule is CC1(C)CN(C(=O)C2CC2c2ccco2)CCO1. The van der Waals surface area contributed by atoms with Gasteiger partial charge in [0, 0.05) is 24.9 Å². The van der Waals surface area contributed by atoms with Gasteiger partial charge in [0.15, 0.2) is 0 Å². The molecule has 0 bridgehead atoms. The van der Waals surface area contributed by atoms with E-state index in [4.69, 9.17) is 9.15 Å². The highest BCUT2D eigenvalue weighted by atomic mass is 16.5. The van der Waals surface area contributed by atoms with Crippen LogP contribution in [0.4, 0.5) is 0 Å². The average molecular weight is 249 g/mol. The Balaban J connectivity index is 1.63. The van der Waals surface area contributed by atoms with E-state index in [1.54, 1.807) is 6.26 Å². The first kappa shape index (κ1) is 11.8. The molecule has 1 aromatic rings. The molecule has 4 nitrogen and oxygen atoms in total. The molecule has 98 valence electrons. The van der Waals surface area contributed by atoms with Gasteiger partial charge < -0.3 is 14.1 Å². The maximum atomic E-state index is 12.4. The lowest BCUT2D eigenvalue weighted by molar-refractivity contribution is -0.147. The molecule has 2 atom stereocenters. The number of nitrogens with zero attached hydrogens (tertiary/aromatic N) is 1. The third-order valence-electron chi connectivity index (χ3n) is 3.75. The van der Waals surface area contributed by atoms with Gasteiger partial charge in [-0.05, 0) is 32.4 Å². The van der Waals surface area contributed by atoms with E-state index in [0.717, 1.165) is 12.2 Å². The molecule has 1 saturated heterocycles. The molecule has 1 saturated carbocycles. The summed E-state index contributed by atoms with van der Waals surface area (Å²) in [4.78, 5) is 14.3. The Kier molecular flexibility index (Phi) is 2.70. The van der Waals surface area contributed by atoms with Crippen molar-refractivity contribution in [2.24, 2.45) is 5.92 Å². The average Bonchev–Trinajstić information content (AvgIpc) is 2.93. The van der Waals surface area contributed by atoms with E-state index < -0.39 is 0 Å². The highest BCUT2D eigenvalue weighted by Crippen LogP contribution is 2.48. The van der Waals surface area contributed by atoms with Crippen molar-refractivity contribution in [3.8, 4) is 0 Å². The number of amides is 1. The lowest BCUT2D eigenvalue weighted by atomic mass is 10.1. The fraction of sp³-hybridized carbons (Fsp3) is 0.643. The minimum Gasteiger partial charge on any atom is -0.469 e. The summed E-state index contributed by atoms with van der Waals surface area (Å²) in [6.45, 7) is 6.10. The van der Waals surface area contributed by atoms with Crippen LogP contribution in [0.3, 0.4) is 0 Å². The summed E-state index contributed by atoms with van der Waals surface area (Å²) in [5.74, 6) is 1.61. The molecule has 18 heavy (non-hydrogen) atoms. The molecular formula is C14H19NO3. The molecule has 1 aliphatic heterocycles. The molecule has 1 aromatic heterocycles. The molecule has 3 rings (SSSR count). The van der Waals surface area contributed by atoms with Gasteiger partial charge in [-0.2, -0.15) is 0 Å². The molecule has 4 heteroatoms. The minimum absolute atomic E-state index is 0.116. The van der Waals surface area contributed by atoms with E-state index in [1.807, 2.05) is 30.9 Å². The molecule has 0 spiro atoms. The van der Waals surface area contributed by atoms with Crippen LogP contribution in [0.2, 0.25) is 0 Å². The second kappa shape index (κ2) is 4.12. The molecular weight excluding hydrogens is 230 g/mol. The third-order valence-corrected chi connectivity index (χ3v) is 3.75. The largest absolute Gasteiger partial charge is 0.469 e. The summed E-state index contributed by atoms with van der Waals surface area (Å²) < 4.78 is 11.0. The van der Waals surface area contributed by atoms with Crippen LogP contribution >= 0.6 is 0 Å². The fourth-order valence-electron chi connectivity index (χ4n) is 2.72. The van der Waals surface area contributed by atoms with Gasteiger partial charge in [-0.25, -0.2) is 0 Å². The van der Waals surface area contributed by atoms with E-state index >= 15 is 0 Å². The third kappa shape index (κ3) is 2.17. The lowest BCUT2D eigenvalue weighted by Crippen LogP contribution is -2.51. The van der Waals surface area contributed by atoms with E-state index in [-0.39, 0.29) is 17.4 Å². The Morgan fingerprint density at radius 3 is 3.00 bits per heavy atom. The molecule has 1 amide bonds. The van der Waals surface area contributed by atoms with Gasteiger partial charge in [0.2, 0.25) is 5.91 Å². The Labute approximate surface area is 107 Å². The molecule has 0 aromatic carbocycles. The Morgan fingerprint density at radius 1 is 1.50 bits per heavy atom. The van der Waals surface area contributed by atoms with Crippen molar-refractivity contribution in [1.82, 2.24) is 4.90 Å². The Hall–Kier alpha value is -1.29. The standard InChI is InChI=1S/C14H19NO3/c1-14(2)9-15(5-7-18-14)13(16)11-8-10(11)12-4-3-6-17-12/h3-4,6,10-11H,5,7-9H2,1-2H3. The van der Waals surface area contributed by atoms with Gasteiger partial charge in [-0.1, -0.05) is 0 Å². The second-order valence-corrected chi connectivity index (χ2v) is 5.83. The maximum absolute atomic E-state index is 12.4. The molecule has 2 aliphatic rings. The lowest BCUT2D eigenvalue weighted by Gasteiger charge is -2.38. The first-order valence-electron chi connectivity index (χ1n) is 6.53. The molecule has 2 heterocycles. The summed E-state index contributed by atoms with van der Waals surface area (Å²) in [5, 5.41) is 0. The summed E-state index contributed by atoms with van der Waals surface area (Å²) in [5.41, 5.74) is -0.219. The van der Waals surface area contributed by atoms with Crippen LogP contribution in [0.25, 0.3) is 0 Å². The first-order valence-corrected chi connectivity index (χ1v) is 6.53. The predicted octanol–water partition coefficient (Wildman–Crippen LogP) is 2.02. The van der Waals surface area contributed by atoms with E-state index in [9.17, 15) is 4.79 Å². The topological polar surface area (TPSA) is 42.7 Å². The zero-order valence-corrected chi connectivity index (χ0v) is 10.9. The van der Waals surface area contributed by atoms with Gasteiger partial charge >= 0.3 is 0 Å². The second-order valence-electron chi connectivity index (χ2n) is 5.83. The maximum Gasteiger partial charge on any atom is 0.226 e. The number of morpholine rings is 1. The van der Waals surface area contributed by atoms with Crippen LogP contribution in [-0.2, 0) is 9.53 Å². The molecule has 2 unspecified atom stereocenters. The molecule has 1 aliphatic carbocycles.